The van der Waals surface area contributed by atoms with Crippen LogP contribution in [0.25, 0.3) is 0 Å². The summed E-state index contributed by atoms with van der Waals surface area (Å²) in [6, 6.07) is 0. The van der Waals surface area contributed by atoms with E-state index in [9.17, 15) is 4.79 Å². The van der Waals surface area contributed by atoms with Crippen molar-refractivity contribution in [2.45, 2.75) is 71.3 Å². The van der Waals surface area contributed by atoms with Gasteiger partial charge < -0.3 is 5.32 Å². The minimum atomic E-state index is -0.0296. The molecule has 0 aromatic carbocycles. The van der Waals surface area contributed by atoms with Gasteiger partial charge in [-0.15, -0.1) is 0 Å². The van der Waals surface area contributed by atoms with Crippen LogP contribution in [-0.4, -0.2) is 11.4 Å². The van der Waals surface area contributed by atoms with Crippen LogP contribution in [0.3, 0.4) is 0 Å². The Kier molecular flexibility index (Phi) is 7.96. The van der Waals surface area contributed by atoms with Crippen molar-refractivity contribution in [2.75, 3.05) is 0 Å². The van der Waals surface area contributed by atoms with E-state index in [1.165, 1.54) is 18.9 Å². The van der Waals surface area contributed by atoms with Crippen molar-refractivity contribution in [3.63, 3.8) is 0 Å². The number of hydrogen-bond acceptors (Lipinski definition) is 1. The number of amides is 1. The lowest BCUT2D eigenvalue weighted by molar-refractivity contribution is -0.118. The van der Waals surface area contributed by atoms with E-state index < -0.39 is 0 Å². The van der Waals surface area contributed by atoms with Crippen LogP contribution in [0, 0.1) is 0 Å². The third kappa shape index (κ3) is 5.34. The van der Waals surface area contributed by atoms with Gasteiger partial charge in [0.05, 0.1) is 0 Å². The van der Waals surface area contributed by atoms with E-state index in [0.29, 0.717) is 0 Å². The second-order valence-corrected chi connectivity index (χ2v) is 4.58. The van der Waals surface area contributed by atoms with Gasteiger partial charge in [0.2, 0.25) is 5.91 Å². The van der Waals surface area contributed by atoms with Gasteiger partial charge in [0.15, 0.2) is 0 Å². The Labute approximate surface area is 101 Å². The molecular formula is C14H27NO. The van der Waals surface area contributed by atoms with Crippen molar-refractivity contribution >= 4 is 5.91 Å². The lowest BCUT2D eigenvalue weighted by atomic mass is 9.83. The molecule has 0 aromatic rings. The van der Waals surface area contributed by atoms with Gasteiger partial charge in [-0.1, -0.05) is 53.0 Å². The molecule has 0 saturated heterocycles. The van der Waals surface area contributed by atoms with Crippen LogP contribution in [0.15, 0.2) is 12.7 Å². The summed E-state index contributed by atoms with van der Waals surface area (Å²) in [5.41, 5.74) is 0.00475. The van der Waals surface area contributed by atoms with E-state index in [0.717, 1.165) is 32.1 Å². The third-order valence-electron chi connectivity index (χ3n) is 3.04. The highest BCUT2D eigenvalue weighted by molar-refractivity contribution is 5.87. The van der Waals surface area contributed by atoms with E-state index in [-0.39, 0.29) is 11.4 Å². The molecule has 0 spiro atoms. The lowest BCUT2D eigenvalue weighted by Gasteiger charge is -2.34. The minimum absolute atomic E-state index is 0.00475. The molecule has 1 amide bonds. The van der Waals surface area contributed by atoms with Gasteiger partial charge in [0.25, 0.3) is 0 Å². The monoisotopic (exact) mass is 225 g/mol. The molecule has 0 radical (unpaired) electrons. The second-order valence-electron chi connectivity index (χ2n) is 4.58. The summed E-state index contributed by atoms with van der Waals surface area (Å²) < 4.78 is 0. The van der Waals surface area contributed by atoms with Crippen LogP contribution >= 0.6 is 0 Å². The van der Waals surface area contributed by atoms with Crippen molar-refractivity contribution < 1.29 is 4.79 Å². The first-order chi connectivity index (χ1) is 7.64. The zero-order valence-electron chi connectivity index (χ0n) is 11.1. The normalized spacial score (nSPS) is 11.2. The highest BCUT2D eigenvalue weighted by Gasteiger charge is 2.28. The van der Waals surface area contributed by atoms with Crippen LogP contribution < -0.4 is 5.32 Å². The summed E-state index contributed by atoms with van der Waals surface area (Å²) in [4.78, 5) is 11.5. The number of carbonyl (C=O) groups excluding carboxylic acids is 1. The van der Waals surface area contributed by atoms with E-state index in [1.807, 2.05) is 0 Å². The zero-order chi connectivity index (χ0) is 12.4. The molecule has 0 aromatic heterocycles. The van der Waals surface area contributed by atoms with Gasteiger partial charge in [0.1, 0.15) is 0 Å². The molecule has 0 fully saturated rings. The van der Waals surface area contributed by atoms with Crippen LogP contribution in [0.5, 0.6) is 0 Å². The summed E-state index contributed by atoms with van der Waals surface area (Å²) in [7, 11) is 0. The first kappa shape index (κ1) is 15.2. The van der Waals surface area contributed by atoms with Crippen molar-refractivity contribution in [3.05, 3.63) is 12.7 Å². The summed E-state index contributed by atoms with van der Waals surface area (Å²) in [6.07, 6.45) is 9.19. The molecule has 2 nitrogen and oxygen atoms in total. The molecule has 0 atom stereocenters. The van der Waals surface area contributed by atoms with Crippen molar-refractivity contribution in [1.29, 1.82) is 0 Å². The molecular weight excluding hydrogens is 198 g/mol. The van der Waals surface area contributed by atoms with Crippen LogP contribution in [0.1, 0.15) is 65.7 Å². The van der Waals surface area contributed by atoms with Crippen molar-refractivity contribution in [1.82, 2.24) is 5.32 Å². The Morgan fingerprint density at radius 1 is 1.12 bits per heavy atom. The SMILES string of the molecule is C=CC(=O)NC(CCC)(CCC)CCCC. The average Bonchev–Trinajstić information content (AvgIpc) is 2.27. The maximum absolute atomic E-state index is 11.5. The maximum Gasteiger partial charge on any atom is 0.243 e. The number of carbonyl (C=O) groups is 1. The average molecular weight is 225 g/mol. The third-order valence-corrected chi connectivity index (χ3v) is 3.04. The molecule has 0 aliphatic carbocycles. The Morgan fingerprint density at radius 2 is 1.69 bits per heavy atom. The van der Waals surface area contributed by atoms with Gasteiger partial charge in [-0.2, -0.15) is 0 Å². The van der Waals surface area contributed by atoms with Gasteiger partial charge in [-0.25, -0.2) is 0 Å². The zero-order valence-corrected chi connectivity index (χ0v) is 11.1. The Balaban J connectivity index is 4.61. The maximum atomic E-state index is 11.5. The summed E-state index contributed by atoms with van der Waals surface area (Å²) in [5.74, 6) is -0.0296. The van der Waals surface area contributed by atoms with Crippen molar-refractivity contribution in [3.8, 4) is 0 Å². The van der Waals surface area contributed by atoms with E-state index in [1.54, 1.807) is 0 Å². The Hall–Kier alpha value is -0.790. The first-order valence-electron chi connectivity index (χ1n) is 6.58. The van der Waals surface area contributed by atoms with E-state index >= 15 is 0 Å². The van der Waals surface area contributed by atoms with E-state index in [4.69, 9.17) is 0 Å². The molecule has 0 saturated carbocycles. The van der Waals surface area contributed by atoms with Crippen molar-refractivity contribution in [2.24, 2.45) is 0 Å². The number of nitrogens with one attached hydrogen (secondary N) is 1. The molecule has 94 valence electrons. The largest absolute Gasteiger partial charge is 0.347 e. The molecule has 0 unspecified atom stereocenters. The number of unbranched alkanes of at least 4 members (excludes halogenated alkanes) is 1. The summed E-state index contributed by atoms with van der Waals surface area (Å²) >= 11 is 0. The Bertz CT molecular complexity index is 205. The number of rotatable bonds is 9. The fourth-order valence-electron chi connectivity index (χ4n) is 2.35. The molecule has 0 rings (SSSR count). The smallest absolute Gasteiger partial charge is 0.243 e. The second kappa shape index (κ2) is 8.37. The van der Waals surface area contributed by atoms with Crippen LogP contribution in [-0.2, 0) is 4.79 Å². The van der Waals surface area contributed by atoms with Gasteiger partial charge in [-0.05, 0) is 25.3 Å². The molecule has 0 aliphatic rings. The summed E-state index contributed by atoms with van der Waals surface area (Å²) in [5, 5.41) is 3.16. The molecule has 16 heavy (non-hydrogen) atoms. The predicted octanol–water partition coefficient (Wildman–Crippen LogP) is 3.82. The highest BCUT2D eigenvalue weighted by atomic mass is 16.1. The topological polar surface area (TPSA) is 29.1 Å². The van der Waals surface area contributed by atoms with Gasteiger partial charge in [-0.3, -0.25) is 4.79 Å². The summed E-state index contributed by atoms with van der Waals surface area (Å²) in [6.45, 7) is 10.1. The molecule has 0 bridgehead atoms. The van der Waals surface area contributed by atoms with Crippen LogP contribution in [0.2, 0.25) is 0 Å². The Morgan fingerprint density at radius 3 is 2.06 bits per heavy atom. The van der Waals surface area contributed by atoms with Crippen LogP contribution in [0.4, 0.5) is 0 Å². The fourth-order valence-corrected chi connectivity index (χ4v) is 2.35. The predicted molar refractivity (Wildman–Crippen MR) is 70.4 cm³/mol. The van der Waals surface area contributed by atoms with E-state index in [2.05, 4.69) is 32.7 Å². The minimum Gasteiger partial charge on any atom is -0.347 e. The first-order valence-corrected chi connectivity index (χ1v) is 6.58. The fraction of sp³-hybridized carbons (Fsp3) is 0.786. The van der Waals surface area contributed by atoms with Gasteiger partial charge >= 0.3 is 0 Å². The molecule has 0 aliphatic heterocycles. The quantitative estimate of drug-likeness (QED) is 0.594. The lowest BCUT2D eigenvalue weighted by Crippen LogP contribution is -2.47. The molecule has 1 N–H and O–H groups in total. The number of hydrogen-bond donors (Lipinski definition) is 1. The van der Waals surface area contributed by atoms with Gasteiger partial charge in [0, 0.05) is 5.54 Å². The standard InChI is InChI=1S/C14H27NO/c1-5-9-12-14(10-6-2,11-7-3)15-13(16)8-4/h8H,4-7,9-12H2,1-3H3,(H,15,16). The molecule has 0 heterocycles. The highest BCUT2D eigenvalue weighted by Crippen LogP contribution is 2.26. The molecule has 2 heteroatoms.